The molecule has 0 radical (unpaired) electrons. The maximum atomic E-state index is 11.0. The summed E-state index contributed by atoms with van der Waals surface area (Å²) in [4.78, 5) is 11.0. The van der Waals surface area contributed by atoms with Crippen LogP contribution < -0.4 is 10.6 Å². The fourth-order valence-electron chi connectivity index (χ4n) is 1.43. The Morgan fingerprint density at radius 2 is 2.06 bits per heavy atom. The third kappa shape index (κ3) is 5.60. The first-order chi connectivity index (χ1) is 8.09. The minimum atomic E-state index is -0.770. The predicted molar refractivity (Wildman–Crippen MR) is 71.4 cm³/mol. The van der Waals surface area contributed by atoms with E-state index in [1.165, 1.54) is 6.92 Å². The van der Waals surface area contributed by atoms with Gasteiger partial charge in [-0.2, -0.15) is 0 Å². The van der Waals surface area contributed by atoms with Gasteiger partial charge in [0.05, 0.1) is 0 Å². The summed E-state index contributed by atoms with van der Waals surface area (Å²) in [5.74, 6) is 0.564. The summed E-state index contributed by atoms with van der Waals surface area (Å²) in [5.41, 5.74) is 1.86. The SMILES string of the molecule is CC(=O)Nc1ccccc1CNCCS(C)=O. The Balaban J connectivity index is 2.51. The average molecular weight is 254 g/mol. The Morgan fingerprint density at radius 1 is 1.35 bits per heavy atom. The lowest BCUT2D eigenvalue weighted by molar-refractivity contribution is -0.114. The van der Waals surface area contributed by atoms with Crippen molar-refractivity contribution in [3.05, 3.63) is 29.8 Å². The second-order valence-electron chi connectivity index (χ2n) is 3.79. The highest BCUT2D eigenvalue weighted by atomic mass is 32.2. The van der Waals surface area contributed by atoms with Crippen LogP contribution in [-0.4, -0.2) is 28.7 Å². The van der Waals surface area contributed by atoms with Crippen molar-refractivity contribution in [2.75, 3.05) is 23.9 Å². The molecule has 1 atom stereocenters. The van der Waals surface area contributed by atoms with Gasteiger partial charge in [-0.3, -0.25) is 9.00 Å². The molecule has 1 unspecified atom stereocenters. The molecule has 1 aromatic rings. The molecule has 0 bridgehead atoms. The number of hydrogen-bond donors (Lipinski definition) is 2. The van der Waals surface area contributed by atoms with Crippen molar-refractivity contribution in [3.8, 4) is 0 Å². The highest BCUT2D eigenvalue weighted by Gasteiger charge is 2.02. The van der Waals surface area contributed by atoms with Crippen molar-refractivity contribution >= 4 is 22.4 Å². The number of benzene rings is 1. The Kier molecular flexibility index (Phi) is 5.86. The summed E-state index contributed by atoms with van der Waals surface area (Å²) in [5, 5.41) is 5.99. The third-order valence-electron chi connectivity index (χ3n) is 2.21. The Morgan fingerprint density at radius 3 is 2.71 bits per heavy atom. The van der Waals surface area contributed by atoms with Crippen LogP contribution in [0.1, 0.15) is 12.5 Å². The average Bonchev–Trinajstić information content (AvgIpc) is 2.25. The van der Waals surface area contributed by atoms with E-state index in [4.69, 9.17) is 0 Å². The summed E-state index contributed by atoms with van der Waals surface area (Å²) < 4.78 is 10.9. The van der Waals surface area contributed by atoms with Crippen molar-refractivity contribution in [3.63, 3.8) is 0 Å². The maximum Gasteiger partial charge on any atom is 0.221 e. The Labute approximate surface area is 104 Å². The van der Waals surface area contributed by atoms with Crippen LogP contribution in [0, 0.1) is 0 Å². The third-order valence-corrected chi connectivity index (χ3v) is 2.99. The number of nitrogens with one attached hydrogen (secondary N) is 2. The molecule has 2 N–H and O–H groups in total. The first kappa shape index (κ1) is 13.9. The van der Waals surface area contributed by atoms with Gasteiger partial charge in [-0.1, -0.05) is 18.2 Å². The molecule has 17 heavy (non-hydrogen) atoms. The summed E-state index contributed by atoms with van der Waals surface area (Å²) in [7, 11) is -0.770. The van der Waals surface area contributed by atoms with Gasteiger partial charge in [-0.25, -0.2) is 0 Å². The molecule has 0 aliphatic carbocycles. The fraction of sp³-hybridized carbons (Fsp3) is 0.417. The fourth-order valence-corrected chi connectivity index (χ4v) is 1.86. The van der Waals surface area contributed by atoms with Gasteiger partial charge in [0.2, 0.25) is 5.91 Å². The normalized spacial score (nSPS) is 12.1. The molecule has 1 amide bonds. The monoisotopic (exact) mass is 254 g/mol. The molecule has 0 aliphatic rings. The molecule has 1 rings (SSSR count). The van der Waals surface area contributed by atoms with Crippen LogP contribution >= 0.6 is 0 Å². The molecule has 0 aliphatic heterocycles. The van der Waals surface area contributed by atoms with E-state index in [0.717, 1.165) is 11.3 Å². The van der Waals surface area contributed by atoms with Crippen molar-refractivity contribution in [2.45, 2.75) is 13.5 Å². The zero-order chi connectivity index (χ0) is 12.7. The molecule has 5 heteroatoms. The maximum absolute atomic E-state index is 11.0. The van der Waals surface area contributed by atoms with Gasteiger partial charge < -0.3 is 10.6 Å². The summed E-state index contributed by atoms with van der Waals surface area (Å²) in [6.45, 7) is 2.86. The molecule has 0 fully saturated rings. The number of amides is 1. The van der Waals surface area contributed by atoms with Gasteiger partial charge in [-0.15, -0.1) is 0 Å². The number of para-hydroxylation sites is 1. The number of rotatable bonds is 6. The number of hydrogen-bond acceptors (Lipinski definition) is 3. The van der Waals surface area contributed by atoms with Gasteiger partial charge in [0.15, 0.2) is 0 Å². The van der Waals surface area contributed by atoms with Crippen molar-refractivity contribution in [2.24, 2.45) is 0 Å². The molecular formula is C12H18N2O2S. The van der Waals surface area contributed by atoms with Gasteiger partial charge in [0.25, 0.3) is 0 Å². The largest absolute Gasteiger partial charge is 0.326 e. The summed E-state index contributed by atoms with van der Waals surface area (Å²) in [6, 6.07) is 7.65. The predicted octanol–water partition coefficient (Wildman–Crippen LogP) is 1.11. The first-order valence-electron chi connectivity index (χ1n) is 5.46. The number of carbonyl (C=O) groups is 1. The van der Waals surface area contributed by atoms with Crippen LogP contribution in [0.4, 0.5) is 5.69 Å². The van der Waals surface area contributed by atoms with E-state index in [1.54, 1.807) is 6.26 Å². The molecular weight excluding hydrogens is 236 g/mol. The molecule has 0 aromatic heterocycles. The van der Waals surface area contributed by atoms with E-state index in [1.807, 2.05) is 24.3 Å². The van der Waals surface area contributed by atoms with E-state index in [0.29, 0.717) is 18.8 Å². The van der Waals surface area contributed by atoms with Gasteiger partial charge in [0.1, 0.15) is 0 Å². The zero-order valence-electron chi connectivity index (χ0n) is 10.2. The van der Waals surface area contributed by atoms with Crippen LogP contribution in [0.2, 0.25) is 0 Å². The second-order valence-corrected chi connectivity index (χ2v) is 5.35. The number of anilines is 1. The molecule has 0 spiro atoms. The topological polar surface area (TPSA) is 58.2 Å². The summed E-state index contributed by atoms with van der Waals surface area (Å²) >= 11 is 0. The lowest BCUT2D eigenvalue weighted by Crippen LogP contribution is -2.20. The Hall–Kier alpha value is -1.20. The van der Waals surface area contributed by atoms with Crippen LogP contribution in [0.5, 0.6) is 0 Å². The lowest BCUT2D eigenvalue weighted by atomic mass is 10.1. The minimum Gasteiger partial charge on any atom is -0.326 e. The number of carbonyl (C=O) groups excluding carboxylic acids is 1. The van der Waals surface area contributed by atoms with Crippen LogP contribution in [0.25, 0.3) is 0 Å². The first-order valence-corrected chi connectivity index (χ1v) is 7.18. The highest BCUT2D eigenvalue weighted by molar-refractivity contribution is 7.84. The highest BCUT2D eigenvalue weighted by Crippen LogP contribution is 2.14. The van der Waals surface area contributed by atoms with E-state index in [2.05, 4.69) is 10.6 Å². The van der Waals surface area contributed by atoms with Crippen LogP contribution in [0.15, 0.2) is 24.3 Å². The lowest BCUT2D eigenvalue weighted by Gasteiger charge is -2.10. The van der Waals surface area contributed by atoms with Gasteiger partial charge in [-0.05, 0) is 11.6 Å². The molecule has 0 heterocycles. The Bertz CT molecular complexity index is 407. The van der Waals surface area contributed by atoms with Gasteiger partial charge >= 0.3 is 0 Å². The van der Waals surface area contributed by atoms with E-state index >= 15 is 0 Å². The van der Waals surface area contributed by atoms with Crippen molar-refractivity contribution < 1.29 is 9.00 Å². The van der Waals surface area contributed by atoms with E-state index in [9.17, 15) is 9.00 Å². The standard InChI is InChI=1S/C12H18N2O2S/c1-10(15)14-12-6-4-3-5-11(12)9-13-7-8-17(2)16/h3-6,13H,7-9H2,1-2H3,(H,14,15). The van der Waals surface area contributed by atoms with E-state index < -0.39 is 10.8 Å². The quantitative estimate of drug-likeness (QED) is 0.748. The van der Waals surface area contributed by atoms with Crippen LogP contribution in [-0.2, 0) is 22.1 Å². The van der Waals surface area contributed by atoms with Crippen LogP contribution in [0.3, 0.4) is 0 Å². The molecule has 0 saturated heterocycles. The molecule has 94 valence electrons. The van der Waals surface area contributed by atoms with Gasteiger partial charge in [0, 0.05) is 48.5 Å². The molecule has 0 saturated carbocycles. The summed E-state index contributed by atoms with van der Waals surface area (Å²) in [6.07, 6.45) is 1.69. The van der Waals surface area contributed by atoms with Crippen molar-refractivity contribution in [1.29, 1.82) is 0 Å². The van der Waals surface area contributed by atoms with Crippen molar-refractivity contribution in [1.82, 2.24) is 5.32 Å². The zero-order valence-corrected chi connectivity index (χ0v) is 11.0. The molecule has 4 nitrogen and oxygen atoms in total. The second kappa shape index (κ2) is 7.19. The van der Waals surface area contributed by atoms with E-state index in [-0.39, 0.29) is 5.91 Å². The minimum absolute atomic E-state index is 0.0767. The smallest absolute Gasteiger partial charge is 0.221 e. The molecule has 1 aromatic carbocycles.